The van der Waals surface area contributed by atoms with Gasteiger partial charge >= 0.3 is 5.97 Å². The van der Waals surface area contributed by atoms with Crippen LogP contribution < -0.4 is 5.32 Å². The highest BCUT2D eigenvalue weighted by Gasteiger charge is 2.33. The number of halogens is 1. The number of thiophene rings is 1. The lowest BCUT2D eigenvalue weighted by Gasteiger charge is -2.27. The first kappa shape index (κ1) is 15.4. The molecule has 0 fully saturated rings. The number of fused-ring (bicyclic) bond motifs is 1. The average molecular weight is 309 g/mol. The van der Waals surface area contributed by atoms with Crippen LogP contribution in [0.2, 0.25) is 0 Å². The van der Waals surface area contributed by atoms with Crippen molar-refractivity contribution in [2.75, 3.05) is 0 Å². The Morgan fingerprint density at radius 2 is 1.95 bits per heavy atom. The number of amides is 1. The van der Waals surface area contributed by atoms with Crippen LogP contribution in [0.3, 0.4) is 0 Å². The minimum atomic E-state index is -1.08. The van der Waals surface area contributed by atoms with Gasteiger partial charge in [0.15, 0.2) is 0 Å². The molecular formula is C15H16FNO3S. The summed E-state index contributed by atoms with van der Waals surface area (Å²) in [4.78, 5) is 23.8. The summed E-state index contributed by atoms with van der Waals surface area (Å²) in [5.41, 5.74) is -0.607. The summed E-state index contributed by atoms with van der Waals surface area (Å²) in [6.07, 6.45) is 0. The molecule has 2 N–H and O–H groups in total. The summed E-state index contributed by atoms with van der Waals surface area (Å²) < 4.78 is 13.9. The second-order valence-corrected chi connectivity index (χ2v) is 6.99. The van der Waals surface area contributed by atoms with Gasteiger partial charge in [0.25, 0.3) is 5.91 Å². The van der Waals surface area contributed by atoms with Crippen LogP contribution in [0, 0.1) is 11.2 Å². The Morgan fingerprint density at radius 1 is 1.29 bits per heavy atom. The molecule has 0 aliphatic heterocycles. The molecular weight excluding hydrogens is 293 g/mol. The van der Waals surface area contributed by atoms with E-state index in [0.717, 1.165) is 4.70 Å². The predicted octanol–water partition coefficient (Wildman–Crippen LogP) is 3.27. The maximum absolute atomic E-state index is 13.1. The van der Waals surface area contributed by atoms with E-state index in [1.54, 1.807) is 32.9 Å². The second-order valence-electron chi connectivity index (χ2n) is 5.90. The standard InChI is InChI=1S/C15H16FNO3S/c1-15(2,3)12(14(19)20)17-13(18)11-7-8-6-9(16)4-5-10(8)21-11/h4-7,12H,1-3H3,(H,17,18)(H,19,20)/t12-/m1/s1. The maximum Gasteiger partial charge on any atom is 0.326 e. The molecule has 1 aromatic carbocycles. The number of nitrogens with one attached hydrogen (secondary N) is 1. The fourth-order valence-corrected chi connectivity index (χ4v) is 2.92. The van der Waals surface area contributed by atoms with E-state index in [0.29, 0.717) is 10.3 Å². The Labute approximate surface area is 125 Å². The van der Waals surface area contributed by atoms with Crippen LogP contribution in [-0.2, 0) is 4.79 Å². The third-order valence-corrected chi connectivity index (χ3v) is 4.21. The van der Waals surface area contributed by atoms with Crippen molar-refractivity contribution in [1.82, 2.24) is 5.32 Å². The number of benzene rings is 1. The minimum Gasteiger partial charge on any atom is -0.480 e. The van der Waals surface area contributed by atoms with Gasteiger partial charge in [-0.15, -0.1) is 11.3 Å². The Balaban J connectivity index is 2.27. The van der Waals surface area contributed by atoms with Crippen LogP contribution in [0.4, 0.5) is 4.39 Å². The molecule has 112 valence electrons. The SMILES string of the molecule is CC(C)(C)[C@H](NC(=O)c1cc2cc(F)ccc2s1)C(=O)O. The summed E-state index contributed by atoms with van der Waals surface area (Å²) in [6.45, 7) is 5.23. The zero-order valence-corrected chi connectivity index (χ0v) is 12.8. The first-order valence-corrected chi connectivity index (χ1v) is 7.23. The molecule has 1 aromatic heterocycles. The lowest BCUT2D eigenvalue weighted by molar-refractivity contribution is -0.142. The van der Waals surface area contributed by atoms with E-state index in [9.17, 15) is 19.1 Å². The molecule has 1 atom stereocenters. The van der Waals surface area contributed by atoms with Gasteiger partial charge in [0.1, 0.15) is 11.9 Å². The third-order valence-electron chi connectivity index (χ3n) is 3.09. The molecule has 1 amide bonds. The van der Waals surface area contributed by atoms with Crippen LogP contribution in [0.15, 0.2) is 24.3 Å². The summed E-state index contributed by atoms with van der Waals surface area (Å²) in [7, 11) is 0. The molecule has 0 saturated carbocycles. The monoisotopic (exact) mass is 309 g/mol. The number of carboxylic acid groups (broad SMARTS) is 1. The topological polar surface area (TPSA) is 66.4 Å². The van der Waals surface area contributed by atoms with Crippen molar-refractivity contribution in [1.29, 1.82) is 0 Å². The smallest absolute Gasteiger partial charge is 0.326 e. The lowest BCUT2D eigenvalue weighted by atomic mass is 9.87. The highest BCUT2D eigenvalue weighted by molar-refractivity contribution is 7.20. The molecule has 0 aliphatic rings. The second kappa shape index (κ2) is 5.44. The molecule has 2 rings (SSSR count). The highest BCUT2D eigenvalue weighted by atomic mass is 32.1. The summed E-state index contributed by atoms with van der Waals surface area (Å²) in [6, 6.07) is 4.85. The molecule has 1 heterocycles. The van der Waals surface area contributed by atoms with Gasteiger partial charge in [-0.25, -0.2) is 9.18 Å². The Hall–Kier alpha value is -1.95. The predicted molar refractivity (Wildman–Crippen MR) is 80.1 cm³/mol. The fraction of sp³-hybridized carbons (Fsp3) is 0.333. The number of carboxylic acids is 1. The van der Waals surface area contributed by atoms with Crippen molar-refractivity contribution in [3.8, 4) is 0 Å². The Bertz CT molecular complexity index is 702. The van der Waals surface area contributed by atoms with Gasteiger partial charge in [0.2, 0.25) is 0 Å². The van der Waals surface area contributed by atoms with Gasteiger partial charge in [-0.3, -0.25) is 4.79 Å². The molecule has 4 nitrogen and oxygen atoms in total. The van der Waals surface area contributed by atoms with Crippen molar-refractivity contribution < 1.29 is 19.1 Å². The first-order chi connectivity index (χ1) is 9.68. The quantitative estimate of drug-likeness (QED) is 0.914. The van der Waals surface area contributed by atoms with Crippen molar-refractivity contribution in [3.05, 3.63) is 35.0 Å². The van der Waals surface area contributed by atoms with Crippen molar-refractivity contribution in [2.45, 2.75) is 26.8 Å². The van der Waals surface area contributed by atoms with Gasteiger partial charge in [0, 0.05) is 4.70 Å². The van der Waals surface area contributed by atoms with E-state index in [4.69, 9.17) is 0 Å². The van der Waals surface area contributed by atoms with E-state index in [1.807, 2.05) is 0 Å². The molecule has 0 unspecified atom stereocenters. The third kappa shape index (κ3) is 3.39. The molecule has 2 aromatic rings. The van der Waals surface area contributed by atoms with E-state index < -0.39 is 23.3 Å². The maximum atomic E-state index is 13.1. The minimum absolute atomic E-state index is 0.367. The summed E-state index contributed by atoms with van der Waals surface area (Å²) >= 11 is 1.21. The average Bonchev–Trinajstić information content (AvgIpc) is 2.76. The van der Waals surface area contributed by atoms with Gasteiger partial charge in [-0.05, 0) is 35.1 Å². The van der Waals surface area contributed by atoms with Gasteiger partial charge < -0.3 is 10.4 Å². The number of rotatable bonds is 3. The largest absolute Gasteiger partial charge is 0.480 e. The first-order valence-electron chi connectivity index (χ1n) is 6.41. The van der Waals surface area contributed by atoms with Crippen molar-refractivity contribution >= 4 is 33.3 Å². The van der Waals surface area contributed by atoms with Crippen LogP contribution in [0.25, 0.3) is 10.1 Å². The van der Waals surface area contributed by atoms with Crippen LogP contribution >= 0.6 is 11.3 Å². The number of aliphatic carboxylic acids is 1. The number of hydrogen-bond acceptors (Lipinski definition) is 3. The number of hydrogen-bond donors (Lipinski definition) is 2. The summed E-state index contributed by atoms with van der Waals surface area (Å²) in [5, 5.41) is 12.4. The molecule has 0 bridgehead atoms. The van der Waals surface area contributed by atoms with Crippen molar-refractivity contribution in [3.63, 3.8) is 0 Å². The number of carbonyl (C=O) groups excluding carboxylic acids is 1. The van der Waals surface area contributed by atoms with Crippen LogP contribution in [-0.4, -0.2) is 23.0 Å². The van der Waals surface area contributed by atoms with E-state index in [1.165, 1.54) is 23.5 Å². The Kier molecular flexibility index (Phi) is 4.00. The molecule has 0 aliphatic carbocycles. The van der Waals surface area contributed by atoms with Crippen LogP contribution in [0.5, 0.6) is 0 Å². The molecule has 6 heteroatoms. The van der Waals surface area contributed by atoms with E-state index >= 15 is 0 Å². The zero-order valence-electron chi connectivity index (χ0n) is 11.9. The molecule has 0 radical (unpaired) electrons. The summed E-state index contributed by atoms with van der Waals surface area (Å²) in [5.74, 6) is -1.91. The normalized spacial score (nSPS) is 13.1. The Morgan fingerprint density at radius 3 is 2.52 bits per heavy atom. The van der Waals surface area contributed by atoms with Crippen molar-refractivity contribution in [2.24, 2.45) is 5.41 Å². The zero-order chi connectivity index (χ0) is 15.8. The fourth-order valence-electron chi connectivity index (χ4n) is 1.98. The molecule has 0 spiro atoms. The molecule has 21 heavy (non-hydrogen) atoms. The van der Waals surface area contributed by atoms with E-state index in [-0.39, 0.29) is 5.82 Å². The van der Waals surface area contributed by atoms with E-state index in [2.05, 4.69) is 5.32 Å². The lowest BCUT2D eigenvalue weighted by Crippen LogP contribution is -2.48. The number of carbonyl (C=O) groups is 2. The molecule has 0 saturated heterocycles. The highest BCUT2D eigenvalue weighted by Crippen LogP contribution is 2.27. The van der Waals surface area contributed by atoms with Crippen LogP contribution in [0.1, 0.15) is 30.4 Å². The van der Waals surface area contributed by atoms with Gasteiger partial charge in [-0.2, -0.15) is 0 Å². The van der Waals surface area contributed by atoms with Gasteiger partial charge in [-0.1, -0.05) is 20.8 Å². The van der Waals surface area contributed by atoms with Gasteiger partial charge in [0.05, 0.1) is 4.88 Å².